The van der Waals surface area contributed by atoms with Gasteiger partial charge in [0.15, 0.2) is 10.8 Å². The number of aromatic nitrogens is 4. The van der Waals surface area contributed by atoms with Gasteiger partial charge >= 0.3 is 0 Å². The highest BCUT2D eigenvalue weighted by atomic mass is 35.5. The third kappa shape index (κ3) is 3.83. The number of halogens is 1. The molecule has 1 saturated heterocycles. The third-order valence-electron chi connectivity index (χ3n) is 4.83. The van der Waals surface area contributed by atoms with Gasteiger partial charge in [-0.25, -0.2) is 9.97 Å². The Kier molecular flexibility index (Phi) is 5.78. The van der Waals surface area contributed by atoms with Gasteiger partial charge in [-0.2, -0.15) is 5.10 Å². The largest absolute Gasteiger partial charge is 0.317 e. The number of fused-ring (bicyclic) bond motifs is 1. The molecule has 27 heavy (non-hydrogen) atoms. The molecule has 0 atom stereocenters. The third-order valence-corrected chi connectivity index (χ3v) is 5.90. The van der Waals surface area contributed by atoms with E-state index in [-0.39, 0.29) is 18.3 Å². The van der Waals surface area contributed by atoms with Gasteiger partial charge in [-0.05, 0) is 51.8 Å². The minimum atomic E-state index is -0.164. The molecule has 0 radical (unpaired) electrons. The van der Waals surface area contributed by atoms with Crippen molar-refractivity contribution < 1.29 is 4.79 Å². The monoisotopic (exact) mass is 406 g/mol. The number of carbonyl (C=O) groups excluding carboxylic acids is 1. The number of nitrogens with zero attached hydrogens (tertiary/aromatic N) is 4. The van der Waals surface area contributed by atoms with Gasteiger partial charge in [-0.15, -0.1) is 23.7 Å². The summed E-state index contributed by atoms with van der Waals surface area (Å²) in [4.78, 5) is 23.1. The number of carbonyl (C=O) groups is 1. The van der Waals surface area contributed by atoms with E-state index in [4.69, 9.17) is 0 Å². The Morgan fingerprint density at radius 3 is 2.81 bits per heavy atom. The topological polar surface area (TPSA) is 84.7 Å². The van der Waals surface area contributed by atoms with E-state index < -0.39 is 0 Å². The van der Waals surface area contributed by atoms with E-state index in [2.05, 4.69) is 25.7 Å². The minimum absolute atomic E-state index is 0. The Bertz CT molecular complexity index is 976. The maximum atomic E-state index is 12.9. The van der Waals surface area contributed by atoms with E-state index in [1.165, 1.54) is 4.88 Å². The first-order valence-electron chi connectivity index (χ1n) is 8.81. The van der Waals surface area contributed by atoms with Crippen molar-refractivity contribution in [3.8, 4) is 0 Å². The number of nitrogens with one attached hydrogen (secondary N) is 2. The Balaban J connectivity index is 0.00000210. The molecule has 0 saturated carbocycles. The number of amides is 1. The summed E-state index contributed by atoms with van der Waals surface area (Å²) in [6.45, 7) is 5.86. The van der Waals surface area contributed by atoms with Gasteiger partial charge in [0.2, 0.25) is 0 Å². The number of hydrogen-bond donors (Lipinski definition) is 2. The van der Waals surface area contributed by atoms with Gasteiger partial charge in [0.05, 0.1) is 16.6 Å². The van der Waals surface area contributed by atoms with Crippen LogP contribution in [0.15, 0.2) is 12.3 Å². The molecule has 4 rings (SSSR count). The quantitative estimate of drug-likeness (QED) is 0.697. The lowest BCUT2D eigenvalue weighted by atomic mass is 9.97. The smallest absolute Gasteiger partial charge is 0.258 e. The van der Waals surface area contributed by atoms with Crippen molar-refractivity contribution >= 4 is 45.8 Å². The first-order valence-corrected chi connectivity index (χ1v) is 9.63. The summed E-state index contributed by atoms with van der Waals surface area (Å²) < 4.78 is 1.72. The molecule has 1 fully saturated rings. The average molecular weight is 407 g/mol. The second-order valence-electron chi connectivity index (χ2n) is 6.77. The van der Waals surface area contributed by atoms with E-state index in [1.54, 1.807) is 16.0 Å². The average Bonchev–Trinajstić information content (AvgIpc) is 3.20. The van der Waals surface area contributed by atoms with E-state index in [1.807, 2.05) is 33.2 Å². The zero-order valence-electron chi connectivity index (χ0n) is 15.6. The van der Waals surface area contributed by atoms with Crippen LogP contribution in [0.25, 0.3) is 11.0 Å². The highest BCUT2D eigenvalue weighted by Gasteiger charge is 2.21. The number of thiazole rings is 1. The van der Waals surface area contributed by atoms with Crippen LogP contribution in [0.3, 0.4) is 0 Å². The van der Waals surface area contributed by atoms with Crippen molar-refractivity contribution in [2.45, 2.75) is 32.6 Å². The molecular formula is C18H23ClN6OS. The molecule has 9 heteroatoms. The predicted molar refractivity (Wildman–Crippen MR) is 110 cm³/mol. The Morgan fingerprint density at radius 1 is 1.33 bits per heavy atom. The zero-order valence-corrected chi connectivity index (χ0v) is 17.2. The lowest BCUT2D eigenvalue weighted by molar-refractivity contribution is 0.102. The zero-order chi connectivity index (χ0) is 18.3. The molecule has 3 aromatic rings. The maximum absolute atomic E-state index is 12.9. The van der Waals surface area contributed by atoms with Crippen molar-refractivity contribution in [2.24, 2.45) is 7.05 Å². The molecule has 4 heterocycles. The van der Waals surface area contributed by atoms with Gasteiger partial charge < -0.3 is 5.32 Å². The molecule has 1 amide bonds. The predicted octanol–water partition coefficient (Wildman–Crippen LogP) is 3.18. The second kappa shape index (κ2) is 7.92. The molecule has 0 unspecified atom stereocenters. The lowest BCUT2D eigenvalue weighted by Crippen LogP contribution is -2.26. The minimum Gasteiger partial charge on any atom is -0.317 e. The van der Waals surface area contributed by atoms with E-state index in [0.29, 0.717) is 16.6 Å². The summed E-state index contributed by atoms with van der Waals surface area (Å²) in [5, 5.41) is 12.2. The van der Waals surface area contributed by atoms with Crippen LogP contribution in [0.1, 0.15) is 45.4 Å². The fourth-order valence-electron chi connectivity index (χ4n) is 3.55. The fraction of sp³-hybridized carbons (Fsp3) is 0.444. The summed E-state index contributed by atoms with van der Waals surface area (Å²) in [5.41, 5.74) is 2.91. The van der Waals surface area contributed by atoms with Crippen LogP contribution >= 0.6 is 23.7 Å². The molecule has 0 aliphatic carbocycles. The first kappa shape index (κ1) is 19.7. The molecule has 144 valence electrons. The fourth-order valence-corrected chi connectivity index (χ4v) is 4.53. The summed E-state index contributed by atoms with van der Waals surface area (Å²) in [5.74, 6) is 0.373. The second-order valence-corrected chi connectivity index (χ2v) is 7.83. The molecule has 7 nitrogen and oxygen atoms in total. The highest BCUT2D eigenvalue weighted by molar-refractivity contribution is 7.15. The number of pyridine rings is 1. The number of anilines is 1. The number of rotatable bonds is 3. The standard InChI is InChI=1S/C18H22N6OS.ClH/c1-10-8-13(15-11(2)23-24(3)16(15)21-10)17(25)22-18-20-9-14(26-18)12-4-6-19-7-5-12;/h8-9,12,19H,4-7H2,1-3H3,(H,20,22,25);1H. The molecule has 0 bridgehead atoms. The van der Waals surface area contributed by atoms with Crippen molar-refractivity contribution in [1.29, 1.82) is 0 Å². The van der Waals surface area contributed by atoms with Crippen molar-refractivity contribution in [3.05, 3.63) is 34.1 Å². The highest BCUT2D eigenvalue weighted by Crippen LogP contribution is 2.32. The van der Waals surface area contributed by atoms with Gasteiger partial charge in [-0.1, -0.05) is 0 Å². The van der Waals surface area contributed by atoms with Gasteiger partial charge in [0, 0.05) is 23.8 Å². The molecular weight excluding hydrogens is 384 g/mol. The molecule has 1 aliphatic heterocycles. The SMILES string of the molecule is Cc1cc(C(=O)Nc2ncc(C3CCNCC3)s2)c2c(C)nn(C)c2n1.Cl. The van der Waals surface area contributed by atoms with Gasteiger partial charge in [-0.3, -0.25) is 14.8 Å². The van der Waals surface area contributed by atoms with E-state index >= 15 is 0 Å². The molecule has 0 spiro atoms. The molecule has 1 aliphatic rings. The van der Waals surface area contributed by atoms with Crippen LogP contribution in [0.2, 0.25) is 0 Å². The summed E-state index contributed by atoms with van der Waals surface area (Å²) >= 11 is 1.57. The summed E-state index contributed by atoms with van der Waals surface area (Å²) in [6, 6.07) is 1.81. The van der Waals surface area contributed by atoms with Crippen molar-refractivity contribution in [2.75, 3.05) is 18.4 Å². The Hall–Kier alpha value is -2.03. The van der Waals surface area contributed by atoms with E-state index in [0.717, 1.165) is 48.4 Å². The van der Waals surface area contributed by atoms with E-state index in [9.17, 15) is 4.79 Å². The molecule has 2 N–H and O–H groups in total. The maximum Gasteiger partial charge on any atom is 0.258 e. The lowest BCUT2D eigenvalue weighted by Gasteiger charge is -2.20. The van der Waals surface area contributed by atoms with Crippen LogP contribution < -0.4 is 10.6 Å². The number of piperidine rings is 1. The van der Waals surface area contributed by atoms with Gasteiger partial charge in [0.1, 0.15) is 0 Å². The first-order chi connectivity index (χ1) is 12.5. The van der Waals surface area contributed by atoms with Crippen LogP contribution in [-0.4, -0.2) is 38.7 Å². The Labute approximate surface area is 168 Å². The van der Waals surface area contributed by atoms with Crippen LogP contribution in [-0.2, 0) is 7.05 Å². The summed E-state index contributed by atoms with van der Waals surface area (Å²) in [6.07, 6.45) is 4.14. The summed E-state index contributed by atoms with van der Waals surface area (Å²) in [7, 11) is 1.84. The molecule has 0 aromatic carbocycles. The Morgan fingerprint density at radius 2 is 2.07 bits per heavy atom. The van der Waals surface area contributed by atoms with Crippen molar-refractivity contribution in [3.63, 3.8) is 0 Å². The van der Waals surface area contributed by atoms with Crippen molar-refractivity contribution in [1.82, 2.24) is 25.1 Å². The van der Waals surface area contributed by atoms with Crippen LogP contribution in [0.4, 0.5) is 5.13 Å². The number of hydrogen-bond acceptors (Lipinski definition) is 6. The van der Waals surface area contributed by atoms with Crippen LogP contribution in [0, 0.1) is 13.8 Å². The van der Waals surface area contributed by atoms with Crippen LogP contribution in [0.5, 0.6) is 0 Å². The van der Waals surface area contributed by atoms with Gasteiger partial charge in [0.25, 0.3) is 5.91 Å². The molecule has 3 aromatic heterocycles. The number of aryl methyl sites for hydroxylation is 3. The normalized spacial score (nSPS) is 14.9.